The fourth-order valence-electron chi connectivity index (χ4n) is 4.72. The molecule has 0 radical (unpaired) electrons. The Morgan fingerprint density at radius 1 is 0.970 bits per heavy atom. The summed E-state index contributed by atoms with van der Waals surface area (Å²) in [6, 6.07) is 14.4. The molecule has 172 valence electrons. The lowest BCUT2D eigenvalue weighted by Crippen LogP contribution is -2.43. The third kappa shape index (κ3) is 4.65. The number of piperidine rings is 1. The maximum atomic E-state index is 12.8. The number of hydrogen-bond donors (Lipinski definition) is 1. The van der Waals surface area contributed by atoms with Crippen LogP contribution in [0.1, 0.15) is 30.4 Å². The zero-order valence-corrected chi connectivity index (χ0v) is 18.4. The monoisotopic (exact) mass is 449 g/mol. The van der Waals surface area contributed by atoms with Crippen molar-refractivity contribution in [2.24, 2.45) is 5.92 Å². The number of hydrogen-bond acceptors (Lipinski definition) is 5. The van der Waals surface area contributed by atoms with E-state index in [1.54, 1.807) is 18.2 Å². The summed E-state index contributed by atoms with van der Waals surface area (Å²) in [6.45, 7) is 1.66. The van der Waals surface area contributed by atoms with Gasteiger partial charge in [0.15, 0.2) is 11.5 Å². The number of carbonyl (C=O) groups excluding carboxylic acids is 3. The smallest absolute Gasteiger partial charge is 0.325 e. The molecule has 1 atom stereocenters. The van der Waals surface area contributed by atoms with E-state index in [9.17, 15) is 14.4 Å². The Morgan fingerprint density at radius 2 is 1.73 bits per heavy atom. The number of rotatable bonds is 6. The largest absolute Gasteiger partial charge is 0.454 e. The quantitative estimate of drug-likeness (QED) is 0.685. The van der Waals surface area contributed by atoms with Crippen LogP contribution in [0.15, 0.2) is 48.5 Å². The number of fused-ring (bicyclic) bond motifs is 1. The molecule has 8 nitrogen and oxygen atoms in total. The lowest BCUT2D eigenvalue weighted by molar-refractivity contribution is -0.136. The van der Waals surface area contributed by atoms with Gasteiger partial charge in [-0.3, -0.25) is 14.5 Å². The van der Waals surface area contributed by atoms with E-state index in [2.05, 4.69) is 29.6 Å². The second-order valence-electron chi connectivity index (χ2n) is 8.83. The summed E-state index contributed by atoms with van der Waals surface area (Å²) in [6.07, 6.45) is 2.91. The lowest BCUT2D eigenvalue weighted by Gasteiger charge is -2.32. The van der Waals surface area contributed by atoms with Crippen LogP contribution in [0.5, 0.6) is 11.5 Å². The molecular weight excluding hydrogens is 422 g/mol. The number of ether oxygens (including phenoxy) is 2. The van der Waals surface area contributed by atoms with Gasteiger partial charge in [-0.1, -0.05) is 36.4 Å². The minimum Gasteiger partial charge on any atom is -0.454 e. The number of nitrogens with one attached hydrogen (secondary N) is 1. The molecule has 2 saturated heterocycles. The predicted molar refractivity (Wildman–Crippen MR) is 120 cm³/mol. The second kappa shape index (κ2) is 9.13. The molecule has 2 aromatic rings. The van der Waals surface area contributed by atoms with Crippen LogP contribution in [-0.4, -0.2) is 53.6 Å². The Hall–Kier alpha value is -3.55. The fourth-order valence-corrected chi connectivity index (χ4v) is 4.72. The van der Waals surface area contributed by atoms with Crippen molar-refractivity contribution in [1.82, 2.24) is 15.1 Å². The maximum Gasteiger partial charge on any atom is 0.325 e. The fraction of sp³-hybridized carbons (Fsp3) is 0.400. The molecule has 5 rings (SSSR count). The molecule has 4 amide bonds. The minimum absolute atomic E-state index is 0.00837. The van der Waals surface area contributed by atoms with Gasteiger partial charge in [-0.15, -0.1) is 0 Å². The normalized spacial score (nSPS) is 20.3. The topological polar surface area (TPSA) is 88.2 Å². The summed E-state index contributed by atoms with van der Waals surface area (Å²) < 4.78 is 10.7. The van der Waals surface area contributed by atoms with Crippen molar-refractivity contribution in [1.29, 1.82) is 0 Å². The average Bonchev–Trinajstić information content (AvgIpc) is 3.40. The summed E-state index contributed by atoms with van der Waals surface area (Å²) in [5, 5.41) is 2.67. The van der Waals surface area contributed by atoms with Gasteiger partial charge in [0.25, 0.3) is 5.91 Å². The molecule has 2 fully saturated rings. The molecule has 3 aliphatic rings. The molecule has 0 saturated carbocycles. The Kier molecular flexibility index (Phi) is 5.90. The number of urea groups is 1. The standard InChI is InChI=1S/C25H27N3O5/c29-23(27-10-8-18(9-11-27)12-17-4-2-1-3-5-17)14-20-24(30)28(25(31)26-20)15-19-6-7-21-22(13-19)33-16-32-21/h1-7,13,18,20H,8-12,14-16H2,(H,26,31)/t20-/m0/s1. The molecule has 0 bridgehead atoms. The number of carbonyl (C=O) groups is 3. The second-order valence-corrected chi connectivity index (χ2v) is 8.83. The molecule has 0 aliphatic carbocycles. The summed E-state index contributed by atoms with van der Waals surface area (Å²) in [7, 11) is 0. The van der Waals surface area contributed by atoms with E-state index in [1.807, 2.05) is 11.0 Å². The first kappa shape index (κ1) is 21.3. The molecule has 2 aromatic carbocycles. The van der Waals surface area contributed by atoms with Crippen LogP contribution in [0.25, 0.3) is 0 Å². The first-order valence-electron chi connectivity index (χ1n) is 11.4. The molecule has 0 aromatic heterocycles. The van der Waals surface area contributed by atoms with E-state index >= 15 is 0 Å². The summed E-state index contributed by atoms with van der Waals surface area (Å²) >= 11 is 0. The Bertz CT molecular complexity index is 1050. The number of likely N-dealkylation sites (tertiary alicyclic amines) is 1. The van der Waals surface area contributed by atoms with E-state index in [0.717, 1.165) is 29.7 Å². The van der Waals surface area contributed by atoms with Crippen molar-refractivity contribution in [3.05, 3.63) is 59.7 Å². The van der Waals surface area contributed by atoms with Gasteiger partial charge in [-0.05, 0) is 48.4 Å². The molecule has 8 heteroatoms. The van der Waals surface area contributed by atoms with Crippen LogP contribution in [0.4, 0.5) is 4.79 Å². The van der Waals surface area contributed by atoms with E-state index in [1.165, 1.54) is 5.56 Å². The number of benzene rings is 2. The van der Waals surface area contributed by atoms with Crippen LogP contribution >= 0.6 is 0 Å². The minimum atomic E-state index is -0.818. The van der Waals surface area contributed by atoms with Crippen LogP contribution in [0, 0.1) is 5.92 Å². The number of nitrogens with zero attached hydrogens (tertiary/aromatic N) is 2. The number of amides is 4. The highest BCUT2D eigenvalue weighted by atomic mass is 16.7. The van der Waals surface area contributed by atoms with Gasteiger partial charge in [0.05, 0.1) is 13.0 Å². The highest BCUT2D eigenvalue weighted by molar-refractivity contribution is 6.05. The third-order valence-electron chi connectivity index (χ3n) is 6.60. The van der Waals surface area contributed by atoms with E-state index < -0.39 is 12.1 Å². The van der Waals surface area contributed by atoms with Crippen LogP contribution in [0.3, 0.4) is 0 Å². The third-order valence-corrected chi connectivity index (χ3v) is 6.60. The maximum absolute atomic E-state index is 12.8. The lowest BCUT2D eigenvalue weighted by atomic mass is 9.90. The van der Waals surface area contributed by atoms with Crippen LogP contribution in [-0.2, 0) is 22.6 Å². The van der Waals surface area contributed by atoms with Gasteiger partial charge in [-0.25, -0.2) is 4.79 Å². The van der Waals surface area contributed by atoms with Gasteiger partial charge in [0, 0.05) is 13.1 Å². The van der Waals surface area contributed by atoms with Crippen molar-refractivity contribution in [2.75, 3.05) is 19.9 Å². The summed E-state index contributed by atoms with van der Waals surface area (Å²) in [4.78, 5) is 41.1. The SMILES string of the molecule is O=C(C[C@@H]1NC(=O)N(Cc2ccc3c(c2)OCO3)C1=O)N1CCC(Cc2ccccc2)CC1. The zero-order chi connectivity index (χ0) is 22.8. The zero-order valence-electron chi connectivity index (χ0n) is 18.4. The van der Waals surface area contributed by atoms with Crippen LogP contribution < -0.4 is 14.8 Å². The van der Waals surface area contributed by atoms with E-state index in [0.29, 0.717) is 30.5 Å². The molecule has 0 unspecified atom stereocenters. The first-order chi connectivity index (χ1) is 16.1. The summed E-state index contributed by atoms with van der Waals surface area (Å²) in [5.41, 5.74) is 2.08. The van der Waals surface area contributed by atoms with Crippen molar-refractivity contribution in [2.45, 2.75) is 38.3 Å². The highest BCUT2D eigenvalue weighted by Gasteiger charge is 2.40. The van der Waals surface area contributed by atoms with Crippen molar-refractivity contribution in [3.63, 3.8) is 0 Å². The Labute approximate surface area is 192 Å². The van der Waals surface area contributed by atoms with Gasteiger partial charge >= 0.3 is 6.03 Å². The van der Waals surface area contributed by atoms with E-state index in [4.69, 9.17) is 9.47 Å². The predicted octanol–water partition coefficient (Wildman–Crippen LogP) is 2.71. The highest BCUT2D eigenvalue weighted by Crippen LogP contribution is 2.33. The van der Waals surface area contributed by atoms with Gasteiger partial charge in [0.2, 0.25) is 12.7 Å². The molecule has 3 aliphatic heterocycles. The van der Waals surface area contributed by atoms with Crippen molar-refractivity contribution < 1.29 is 23.9 Å². The Morgan fingerprint density at radius 3 is 2.52 bits per heavy atom. The molecule has 1 N–H and O–H groups in total. The van der Waals surface area contributed by atoms with E-state index in [-0.39, 0.29) is 31.6 Å². The van der Waals surface area contributed by atoms with Gasteiger partial charge in [0.1, 0.15) is 6.04 Å². The molecule has 3 heterocycles. The van der Waals surface area contributed by atoms with Crippen molar-refractivity contribution in [3.8, 4) is 11.5 Å². The molecule has 0 spiro atoms. The van der Waals surface area contributed by atoms with Gasteiger partial charge < -0.3 is 19.7 Å². The molecular formula is C25H27N3O5. The average molecular weight is 450 g/mol. The summed E-state index contributed by atoms with van der Waals surface area (Å²) in [5.74, 6) is 1.34. The number of imide groups is 1. The van der Waals surface area contributed by atoms with Crippen molar-refractivity contribution >= 4 is 17.8 Å². The van der Waals surface area contributed by atoms with Gasteiger partial charge in [-0.2, -0.15) is 0 Å². The molecule has 33 heavy (non-hydrogen) atoms. The Balaban J connectivity index is 1.13. The van der Waals surface area contributed by atoms with Crippen LogP contribution in [0.2, 0.25) is 0 Å². The first-order valence-corrected chi connectivity index (χ1v) is 11.4.